The van der Waals surface area contributed by atoms with Gasteiger partial charge in [0.2, 0.25) is 0 Å². The topological polar surface area (TPSA) is 117 Å². The number of nitrogens with zero attached hydrogens (tertiary/aromatic N) is 2. The van der Waals surface area contributed by atoms with E-state index in [9.17, 15) is 16.8 Å². The quantitative estimate of drug-likeness (QED) is 0.567. The molecule has 8 nitrogen and oxygen atoms in total. The zero-order valence-corrected chi connectivity index (χ0v) is 11.5. The minimum Gasteiger partial charge on any atom is -0.233 e. The van der Waals surface area contributed by atoms with Crippen LogP contribution in [-0.2, 0) is 20.6 Å². The van der Waals surface area contributed by atoms with E-state index in [0.29, 0.717) is 19.1 Å². The smallest absolute Gasteiger partial charge is 0.233 e. The van der Waals surface area contributed by atoms with Gasteiger partial charge in [-0.2, -0.15) is 0 Å². The third-order valence-electron chi connectivity index (χ3n) is 2.47. The van der Waals surface area contributed by atoms with Crippen LogP contribution in [0.3, 0.4) is 0 Å². The van der Waals surface area contributed by atoms with E-state index in [-0.39, 0.29) is 0 Å². The lowest BCUT2D eigenvalue weighted by Gasteiger charge is -1.98. The van der Waals surface area contributed by atoms with Crippen LogP contribution in [0.4, 0.5) is 0 Å². The van der Waals surface area contributed by atoms with E-state index in [1.165, 1.54) is 24.3 Å². The number of pyridine rings is 2. The molecule has 10 heteroatoms. The molecule has 106 valence electrons. The third kappa shape index (κ3) is 3.17. The van der Waals surface area contributed by atoms with Gasteiger partial charge in [-0.05, 0) is 11.1 Å². The van der Waals surface area contributed by atoms with Crippen LogP contribution in [0, 0.1) is 0 Å². The summed E-state index contributed by atoms with van der Waals surface area (Å²) >= 11 is 0. The van der Waals surface area contributed by atoms with Gasteiger partial charge in [0.1, 0.15) is 0 Å². The molecule has 0 aliphatic rings. The van der Waals surface area contributed by atoms with Crippen LogP contribution >= 0.6 is 0 Å². The fourth-order valence-electron chi connectivity index (χ4n) is 1.52. The predicted octanol–water partition coefficient (Wildman–Crippen LogP) is -0.770. The second-order valence-electron chi connectivity index (χ2n) is 3.79. The van der Waals surface area contributed by atoms with Crippen LogP contribution in [-0.4, -0.2) is 25.9 Å². The molecular weight excluding hydrogens is 308 g/mol. The van der Waals surface area contributed by atoms with Crippen molar-refractivity contribution in [2.75, 3.05) is 0 Å². The second-order valence-corrected chi connectivity index (χ2v) is 6.42. The molecule has 0 bridgehead atoms. The van der Waals surface area contributed by atoms with Crippen molar-refractivity contribution in [3.05, 3.63) is 49.1 Å². The molecule has 0 aliphatic carbocycles. The van der Waals surface area contributed by atoms with Crippen LogP contribution in [0.5, 0.6) is 0 Å². The highest BCUT2D eigenvalue weighted by Crippen LogP contribution is 2.15. The van der Waals surface area contributed by atoms with Crippen molar-refractivity contribution in [1.29, 1.82) is 0 Å². The Morgan fingerprint density at radius 3 is 1.10 bits per heavy atom. The molecule has 2 aromatic rings. The molecule has 20 heavy (non-hydrogen) atoms. The zero-order valence-electron chi connectivity index (χ0n) is 9.86. The zero-order chi connectivity index (χ0) is 15.0. The average molecular weight is 318 g/mol. The minimum atomic E-state index is -4.33. The summed E-state index contributed by atoms with van der Waals surface area (Å²) in [5.74, 6) is 0. The van der Waals surface area contributed by atoms with Crippen molar-refractivity contribution in [2.45, 2.75) is 0 Å². The van der Waals surface area contributed by atoms with Crippen molar-refractivity contribution in [3.8, 4) is 11.1 Å². The lowest BCUT2D eigenvalue weighted by atomic mass is 10.1. The summed E-state index contributed by atoms with van der Waals surface area (Å²) in [5.41, 5.74) is 1.21. The summed E-state index contributed by atoms with van der Waals surface area (Å²) in [6.07, 6.45) is 4.59. The van der Waals surface area contributed by atoms with Gasteiger partial charge in [0.15, 0.2) is 24.8 Å². The first-order chi connectivity index (χ1) is 9.18. The number of aromatic nitrogens is 2. The molecule has 0 spiro atoms. The van der Waals surface area contributed by atoms with Gasteiger partial charge in [-0.25, -0.2) is 9.11 Å². The van der Waals surface area contributed by atoms with Crippen molar-refractivity contribution < 1.29 is 33.9 Å². The molecule has 2 rings (SSSR count). The SMILES string of the molecule is O=S(=O)(O)[n+]1ccc(-c2cc[n+](S(=O)(=O)O)cc2)cc1. The summed E-state index contributed by atoms with van der Waals surface area (Å²) in [4.78, 5) is 0. The lowest BCUT2D eigenvalue weighted by Crippen LogP contribution is -2.41. The molecule has 0 amide bonds. The molecule has 0 aliphatic heterocycles. The summed E-state index contributed by atoms with van der Waals surface area (Å²) in [6.45, 7) is 0. The molecule has 0 saturated heterocycles. The van der Waals surface area contributed by atoms with Gasteiger partial charge < -0.3 is 0 Å². The van der Waals surface area contributed by atoms with Crippen LogP contribution in [0.15, 0.2) is 49.1 Å². The van der Waals surface area contributed by atoms with Crippen molar-refractivity contribution in [1.82, 2.24) is 0 Å². The van der Waals surface area contributed by atoms with Gasteiger partial charge in [0.05, 0.1) is 0 Å². The molecule has 0 unspecified atom stereocenters. The molecule has 0 fully saturated rings. The fraction of sp³-hybridized carbons (Fsp3) is 0. The first-order valence-electron chi connectivity index (χ1n) is 5.17. The Hall–Kier alpha value is -1.88. The largest absolute Gasteiger partial charge is 0.511 e. The first-order valence-corrected chi connectivity index (χ1v) is 7.96. The average Bonchev–Trinajstić information content (AvgIpc) is 2.37. The molecule has 0 radical (unpaired) electrons. The van der Waals surface area contributed by atoms with Crippen LogP contribution in [0.2, 0.25) is 0 Å². The number of hydrogen-bond acceptors (Lipinski definition) is 4. The van der Waals surface area contributed by atoms with Crippen LogP contribution < -0.4 is 7.94 Å². The third-order valence-corrected chi connectivity index (χ3v) is 4.02. The molecule has 0 saturated carbocycles. The number of hydrogen-bond donors (Lipinski definition) is 2. The van der Waals surface area contributed by atoms with Crippen LogP contribution in [0.25, 0.3) is 11.1 Å². The van der Waals surface area contributed by atoms with Crippen molar-refractivity contribution >= 4 is 20.6 Å². The minimum absolute atomic E-state index is 0.604. The molecule has 2 heterocycles. The highest BCUT2D eigenvalue weighted by Gasteiger charge is 2.18. The van der Waals surface area contributed by atoms with Gasteiger partial charge in [0.25, 0.3) is 0 Å². The maximum atomic E-state index is 10.9. The lowest BCUT2D eigenvalue weighted by molar-refractivity contribution is -0.519. The monoisotopic (exact) mass is 318 g/mol. The molecule has 0 aromatic carbocycles. The van der Waals surface area contributed by atoms with Crippen LogP contribution in [0.1, 0.15) is 0 Å². The van der Waals surface area contributed by atoms with E-state index in [1.54, 1.807) is 0 Å². The second kappa shape index (κ2) is 4.90. The van der Waals surface area contributed by atoms with E-state index in [4.69, 9.17) is 9.11 Å². The van der Waals surface area contributed by atoms with Crippen molar-refractivity contribution in [2.24, 2.45) is 0 Å². The summed E-state index contributed by atoms with van der Waals surface area (Å²) < 4.78 is 62.3. The maximum Gasteiger partial charge on any atom is 0.511 e. The molecule has 2 aromatic heterocycles. The van der Waals surface area contributed by atoms with Crippen molar-refractivity contribution in [3.63, 3.8) is 0 Å². The van der Waals surface area contributed by atoms with E-state index >= 15 is 0 Å². The molecule has 2 N–H and O–H groups in total. The Balaban J connectivity index is 2.38. The predicted molar refractivity (Wildman–Crippen MR) is 66.2 cm³/mol. The van der Waals surface area contributed by atoms with Gasteiger partial charge in [-0.1, -0.05) is 7.94 Å². The maximum absolute atomic E-state index is 10.9. The molecule has 0 atom stereocenters. The Kier molecular flexibility index (Phi) is 3.56. The van der Waals surface area contributed by atoms with E-state index in [1.807, 2.05) is 0 Å². The standard InChI is InChI=1S/C10H8N2O6S2/c13-19(14,15)11-5-1-9(2-6-11)10-3-7-12(8-4-10)20(16,17)18/h1-8H/p+2. The van der Waals surface area contributed by atoms with E-state index in [2.05, 4.69) is 0 Å². The van der Waals surface area contributed by atoms with Gasteiger partial charge in [-0.3, -0.25) is 0 Å². The van der Waals surface area contributed by atoms with Gasteiger partial charge in [-0.15, -0.1) is 16.8 Å². The Bertz CT molecular complexity index is 753. The Morgan fingerprint density at radius 2 is 0.900 bits per heavy atom. The highest BCUT2D eigenvalue weighted by molar-refractivity contribution is 7.79. The Morgan fingerprint density at radius 1 is 0.650 bits per heavy atom. The van der Waals surface area contributed by atoms with E-state index < -0.39 is 20.6 Å². The number of rotatable bonds is 3. The first kappa shape index (κ1) is 14.5. The normalized spacial score (nSPS) is 12.3. The highest BCUT2D eigenvalue weighted by atomic mass is 32.2. The molecular formula is C10H10N2O6S2+2. The van der Waals surface area contributed by atoms with Gasteiger partial charge in [0, 0.05) is 24.3 Å². The Labute approximate surface area is 115 Å². The van der Waals surface area contributed by atoms with E-state index in [0.717, 1.165) is 24.8 Å². The summed E-state index contributed by atoms with van der Waals surface area (Å²) in [6, 6.07) is 5.73. The van der Waals surface area contributed by atoms with Gasteiger partial charge >= 0.3 is 20.6 Å². The summed E-state index contributed by atoms with van der Waals surface area (Å²) in [5, 5.41) is 0. The fourth-order valence-corrected chi connectivity index (χ4v) is 2.38. The summed E-state index contributed by atoms with van der Waals surface area (Å²) in [7, 11) is -8.66.